The lowest BCUT2D eigenvalue weighted by atomic mass is 10.2. The summed E-state index contributed by atoms with van der Waals surface area (Å²) >= 11 is 0. The number of pyridine rings is 1. The summed E-state index contributed by atoms with van der Waals surface area (Å²) in [6.07, 6.45) is 5.31. The highest BCUT2D eigenvalue weighted by Crippen LogP contribution is 2.26. The molecule has 0 aliphatic carbocycles. The average Bonchev–Trinajstić information content (AvgIpc) is 3.24. The summed E-state index contributed by atoms with van der Waals surface area (Å²) in [5.41, 5.74) is 3.72. The minimum Gasteiger partial charge on any atom is -0.478 e. The Morgan fingerprint density at radius 1 is 1.00 bits per heavy atom. The van der Waals surface area contributed by atoms with Crippen LogP contribution in [-0.2, 0) is 6.42 Å². The maximum Gasteiger partial charge on any atom is 0.213 e. The van der Waals surface area contributed by atoms with Gasteiger partial charge in [0, 0.05) is 37.5 Å². The second kappa shape index (κ2) is 11.4. The van der Waals surface area contributed by atoms with Crippen molar-refractivity contribution in [3.05, 3.63) is 60.0 Å². The number of nitrogens with one attached hydrogen (secondary N) is 2. The second-order valence-corrected chi connectivity index (χ2v) is 8.35. The van der Waals surface area contributed by atoms with E-state index in [0.717, 1.165) is 55.2 Å². The molecule has 34 heavy (non-hydrogen) atoms. The third kappa shape index (κ3) is 6.01. The van der Waals surface area contributed by atoms with Gasteiger partial charge < -0.3 is 19.9 Å². The van der Waals surface area contributed by atoms with Crippen molar-refractivity contribution in [1.29, 1.82) is 0 Å². The van der Waals surface area contributed by atoms with Gasteiger partial charge >= 0.3 is 0 Å². The van der Waals surface area contributed by atoms with Crippen LogP contribution in [0.4, 0.5) is 17.5 Å². The van der Waals surface area contributed by atoms with Gasteiger partial charge in [0.2, 0.25) is 11.8 Å². The summed E-state index contributed by atoms with van der Waals surface area (Å²) in [5.74, 6) is 2.99. The number of hydrogen-bond acceptors (Lipinski definition) is 7. The molecule has 0 amide bonds. The number of ether oxygens (including phenoxy) is 1. The molecule has 4 rings (SSSR count). The summed E-state index contributed by atoms with van der Waals surface area (Å²) in [4.78, 5) is 24.4. The van der Waals surface area contributed by atoms with Gasteiger partial charge in [0.05, 0.1) is 6.61 Å². The number of nitrogens with zero attached hydrogens (tertiary/aromatic N) is 5. The molecule has 0 bridgehead atoms. The molecule has 0 saturated carbocycles. The fraction of sp³-hybridized carbons (Fsp3) is 0.385. The van der Waals surface area contributed by atoms with Gasteiger partial charge in [-0.1, -0.05) is 32.0 Å². The highest BCUT2D eigenvalue weighted by Gasteiger charge is 2.18. The number of H-pyrrole nitrogens is 1. The Morgan fingerprint density at radius 3 is 2.59 bits per heavy atom. The lowest BCUT2D eigenvalue weighted by Crippen LogP contribution is -2.26. The number of benzene rings is 1. The zero-order chi connectivity index (χ0) is 23.8. The first kappa shape index (κ1) is 23.5. The van der Waals surface area contributed by atoms with Crippen molar-refractivity contribution in [3.8, 4) is 5.88 Å². The number of aromatic nitrogens is 5. The number of rotatable bonds is 12. The predicted molar refractivity (Wildman–Crippen MR) is 137 cm³/mol. The SMILES string of the molecule is CCCN(CCC)c1nc(CCCOc2ccccn2)nc2nc(Nc3cccc(C)c3)[nH]c12. The van der Waals surface area contributed by atoms with Crippen LogP contribution in [0.1, 0.15) is 44.5 Å². The molecule has 8 heteroatoms. The van der Waals surface area contributed by atoms with Gasteiger partial charge in [-0.15, -0.1) is 0 Å². The Morgan fingerprint density at radius 2 is 1.85 bits per heavy atom. The molecule has 4 aromatic rings. The van der Waals surface area contributed by atoms with Crippen LogP contribution in [0.5, 0.6) is 5.88 Å². The molecule has 178 valence electrons. The third-order valence-corrected chi connectivity index (χ3v) is 5.38. The first-order chi connectivity index (χ1) is 16.7. The van der Waals surface area contributed by atoms with E-state index in [1.807, 2.05) is 30.3 Å². The standard InChI is InChI=1S/C26H33N7O/c1-4-15-33(16-5-2)25-23-24(32-26(31-23)28-20-11-8-10-19(3)18-20)29-21(30-25)12-9-17-34-22-13-6-7-14-27-22/h6-8,10-11,13-14,18H,4-5,9,12,15-17H2,1-3H3,(H2,28,29,30,31,32). The number of fused-ring (bicyclic) bond motifs is 1. The molecule has 3 aromatic heterocycles. The molecular weight excluding hydrogens is 426 g/mol. The lowest BCUT2D eigenvalue weighted by molar-refractivity contribution is 0.298. The summed E-state index contributed by atoms with van der Waals surface area (Å²) in [6, 6.07) is 13.9. The van der Waals surface area contributed by atoms with Crippen molar-refractivity contribution in [2.24, 2.45) is 0 Å². The van der Waals surface area contributed by atoms with E-state index in [1.165, 1.54) is 5.56 Å². The lowest BCUT2D eigenvalue weighted by Gasteiger charge is -2.23. The largest absolute Gasteiger partial charge is 0.478 e. The summed E-state index contributed by atoms with van der Waals surface area (Å²) in [6.45, 7) is 8.87. The van der Waals surface area contributed by atoms with Crippen LogP contribution >= 0.6 is 0 Å². The zero-order valence-electron chi connectivity index (χ0n) is 20.2. The molecule has 3 heterocycles. The summed E-state index contributed by atoms with van der Waals surface area (Å²) in [5, 5.41) is 3.37. The third-order valence-electron chi connectivity index (χ3n) is 5.38. The smallest absolute Gasteiger partial charge is 0.213 e. The normalized spacial score (nSPS) is 11.0. The van der Waals surface area contributed by atoms with E-state index in [9.17, 15) is 0 Å². The van der Waals surface area contributed by atoms with Crippen molar-refractivity contribution in [3.63, 3.8) is 0 Å². The molecule has 0 atom stereocenters. The van der Waals surface area contributed by atoms with E-state index < -0.39 is 0 Å². The summed E-state index contributed by atoms with van der Waals surface area (Å²) < 4.78 is 5.74. The fourth-order valence-electron chi connectivity index (χ4n) is 3.89. The Kier molecular flexibility index (Phi) is 7.91. The molecule has 0 unspecified atom stereocenters. The van der Waals surface area contributed by atoms with E-state index in [4.69, 9.17) is 19.7 Å². The Hall–Kier alpha value is -3.68. The molecular formula is C26H33N7O. The molecule has 0 radical (unpaired) electrons. The molecule has 0 aliphatic rings. The zero-order valence-corrected chi connectivity index (χ0v) is 20.2. The van der Waals surface area contributed by atoms with Gasteiger partial charge in [0.15, 0.2) is 11.5 Å². The van der Waals surface area contributed by atoms with Crippen LogP contribution in [0.2, 0.25) is 0 Å². The van der Waals surface area contributed by atoms with Gasteiger partial charge in [0.25, 0.3) is 0 Å². The molecule has 0 aliphatic heterocycles. The monoisotopic (exact) mass is 459 g/mol. The Bertz CT molecular complexity index is 1190. The molecule has 0 saturated heterocycles. The topological polar surface area (TPSA) is 91.8 Å². The molecule has 1 aromatic carbocycles. The number of imidazole rings is 1. The van der Waals surface area contributed by atoms with Crippen LogP contribution in [-0.4, -0.2) is 44.6 Å². The predicted octanol–water partition coefficient (Wildman–Crippen LogP) is 5.44. The van der Waals surface area contributed by atoms with E-state index in [2.05, 4.69) is 53.1 Å². The van der Waals surface area contributed by atoms with Crippen molar-refractivity contribution < 1.29 is 4.74 Å². The van der Waals surface area contributed by atoms with E-state index >= 15 is 0 Å². The average molecular weight is 460 g/mol. The van der Waals surface area contributed by atoms with Gasteiger partial charge in [-0.2, -0.15) is 4.98 Å². The van der Waals surface area contributed by atoms with Crippen molar-refractivity contribution in [2.45, 2.75) is 46.5 Å². The van der Waals surface area contributed by atoms with Crippen molar-refractivity contribution in [1.82, 2.24) is 24.9 Å². The molecule has 8 nitrogen and oxygen atoms in total. The quantitative estimate of drug-likeness (QED) is 0.273. The molecule has 2 N–H and O–H groups in total. The highest BCUT2D eigenvalue weighted by atomic mass is 16.5. The Labute approximate surface area is 200 Å². The van der Waals surface area contributed by atoms with Crippen LogP contribution in [0, 0.1) is 6.92 Å². The highest BCUT2D eigenvalue weighted by molar-refractivity contribution is 5.85. The van der Waals surface area contributed by atoms with Crippen LogP contribution in [0.3, 0.4) is 0 Å². The molecule has 0 spiro atoms. The van der Waals surface area contributed by atoms with Crippen molar-refractivity contribution in [2.75, 3.05) is 29.9 Å². The first-order valence-electron chi connectivity index (χ1n) is 12.1. The van der Waals surface area contributed by atoms with Gasteiger partial charge in [-0.05, 0) is 49.9 Å². The van der Waals surface area contributed by atoms with Crippen LogP contribution < -0.4 is 15.0 Å². The second-order valence-electron chi connectivity index (χ2n) is 8.35. The Balaban J connectivity index is 1.57. The van der Waals surface area contributed by atoms with Gasteiger partial charge in [-0.3, -0.25) is 0 Å². The number of aromatic amines is 1. The maximum atomic E-state index is 5.74. The number of anilines is 3. The number of hydrogen-bond donors (Lipinski definition) is 2. The van der Waals surface area contributed by atoms with E-state index in [0.29, 0.717) is 30.5 Å². The minimum atomic E-state index is 0.558. The van der Waals surface area contributed by atoms with E-state index in [-0.39, 0.29) is 0 Å². The van der Waals surface area contributed by atoms with Crippen molar-refractivity contribution >= 4 is 28.6 Å². The fourth-order valence-corrected chi connectivity index (χ4v) is 3.89. The summed E-state index contributed by atoms with van der Waals surface area (Å²) in [7, 11) is 0. The van der Waals surface area contributed by atoms with E-state index in [1.54, 1.807) is 6.20 Å². The van der Waals surface area contributed by atoms with Crippen LogP contribution in [0.15, 0.2) is 48.7 Å². The maximum absolute atomic E-state index is 5.74. The van der Waals surface area contributed by atoms with Gasteiger partial charge in [-0.25, -0.2) is 15.0 Å². The molecule has 0 fully saturated rings. The first-order valence-corrected chi connectivity index (χ1v) is 12.1. The minimum absolute atomic E-state index is 0.558. The van der Waals surface area contributed by atoms with Crippen LogP contribution in [0.25, 0.3) is 11.2 Å². The van der Waals surface area contributed by atoms with Gasteiger partial charge in [0.1, 0.15) is 11.3 Å². The number of aryl methyl sites for hydroxylation is 2.